The molecule has 4 nitrogen and oxygen atoms in total. The summed E-state index contributed by atoms with van der Waals surface area (Å²) in [6, 6.07) is 8.38. The summed E-state index contributed by atoms with van der Waals surface area (Å²) in [5.74, 6) is 0.467. The molecular formula is C21H22N2O2. The number of aryl methyl sites for hydroxylation is 3. The van der Waals surface area contributed by atoms with Gasteiger partial charge in [-0.05, 0) is 62.4 Å². The second-order valence-electron chi connectivity index (χ2n) is 6.96. The number of hydrogen-bond acceptors (Lipinski definition) is 3. The molecular weight excluding hydrogens is 312 g/mol. The van der Waals surface area contributed by atoms with E-state index >= 15 is 0 Å². The first kappa shape index (κ1) is 15.9. The molecule has 1 amide bonds. The van der Waals surface area contributed by atoms with Crippen LogP contribution in [0.2, 0.25) is 0 Å². The van der Waals surface area contributed by atoms with E-state index in [0.717, 1.165) is 40.5 Å². The number of aromatic nitrogens is 1. The fourth-order valence-corrected chi connectivity index (χ4v) is 3.29. The lowest BCUT2D eigenvalue weighted by molar-refractivity contribution is 0.0698. The predicted molar refractivity (Wildman–Crippen MR) is 97.6 cm³/mol. The van der Waals surface area contributed by atoms with Gasteiger partial charge in [-0.15, -0.1) is 0 Å². The molecule has 0 bridgehead atoms. The molecule has 0 saturated heterocycles. The smallest absolute Gasteiger partial charge is 0.290 e. The summed E-state index contributed by atoms with van der Waals surface area (Å²) in [5.41, 5.74) is 5.14. The van der Waals surface area contributed by atoms with Gasteiger partial charge in [-0.2, -0.15) is 0 Å². The van der Waals surface area contributed by atoms with Crippen LogP contribution in [-0.4, -0.2) is 21.8 Å². The number of pyridine rings is 1. The Kier molecular flexibility index (Phi) is 3.83. The zero-order valence-corrected chi connectivity index (χ0v) is 14.9. The Morgan fingerprint density at radius 2 is 1.84 bits per heavy atom. The Balaban J connectivity index is 1.72. The first-order valence-corrected chi connectivity index (χ1v) is 8.75. The number of rotatable bonds is 4. The van der Waals surface area contributed by atoms with Gasteiger partial charge < -0.3 is 9.32 Å². The first-order chi connectivity index (χ1) is 12.1. The molecule has 2 heterocycles. The molecule has 0 spiro atoms. The molecule has 1 saturated carbocycles. The topological polar surface area (TPSA) is 46.3 Å². The van der Waals surface area contributed by atoms with Crippen molar-refractivity contribution in [1.82, 2.24) is 9.88 Å². The van der Waals surface area contributed by atoms with Gasteiger partial charge in [-0.25, -0.2) is 0 Å². The lowest BCUT2D eigenvalue weighted by Gasteiger charge is -2.21. The highest BCUT2D eigenvalue weighted by Crippen LogP contribution is 2.34. The lowest BCUT2D eigenvalue weighted by Crippen LogP contribution is -2.32. The zero-order valence-electron chi connectivity index (χ0n) is 14.9. The molecule has 2 aromatic heterocycles. The van der Waals surface area contributed by atoms with E-state index in [9.17, 15) is 4.79 Å². The fourth-order valence-electron chi connectivity index (χ4n) is 3.29. The Morgan fingerprint density at radius 3 is 2.52 bits per heavy atom. The second-order valence-corrected chi connectivity index (χ2v) is 6.96. The Hall–Kier alpha value is -2.62. The van der Waals surface area contributed by atoms with Crippen LogP contribution in [0.15, 0.2) is 41.1 Å². The van der Waals surface area contributed by atoms with Gasteiger partial charge in [0.15, 0.2) is 5.76 Å². The summed E-state index contributed by atoms with van der Waals surface area (Å²) in [4.78, 5) is 19.2. The van der Waals surface area contributed by atoms with Gasteiger partial charge in [-0.1, -0.05) is 12.1 Å². The maximum atomic E-state index is 13.2. The van der Waals surface area contributed by atoms with Gasteiger partial charge in [0.25, 0.3) is 5.91 Å². The van der Waals surface area contributed by atoms with Gasteiger partial charge >= 0.3 is 0 Å². The van der Waals surface area contributed by atoms with Gasteiger partial charge in [0.2, 0.25) is 0 Å². The van der Waals surface area contributed by atoms with E-state index < -0.39 is 0 Å². The number of benzene rings is 1. The van der Waals surface area contributed by atoms with Crippen molar-refractivity contribution in [2.45, 2.75) is 46.2 Å². The van der Waals surface area contributed by atoms with E-state index in [2.05, 4.69) is 24.0 Å². The average Bonchev–Trinajstić information content (AvgIpc) is 3.40. The second kappa shape index (κ2) is 6.03. The molecule has 4 heteroatoms. The molecule has 0 N–H and O–H groups in total. The fraction of sp³-hybridized carbons (Fsp3) is 0.333. The zero-order chi connectivity index (χ0) is 17.6. The van der Waals surface area contributed by atoms with Crippen LogP contribution in [0.25, 0.3) is 11.0 Å². The molecule has 1 aliphatic rings. The number of nitrogens with zero attached hydrogens (tertiary/aromatic N) is 2. The van der Waals surface area contributed by atoms with E-state index in [1.165, 1.54) is 5.56 Å². The van der Waals surface area contributed by atoms with Gasteiger partial charge in [0.05, 0.1) is 0 Å². The van der Waals surface area contributed by atoms with Crippen molar-refractivity contribution in [2.75, 3.05) is 0 Å². The summed E-state index contributed by atoms with van der Waals surface area (Å²) < 4.78 is 6.07. The van der Waals surface area contributed by atoms with Crippen LogP contribution in [0.3, 0.4) is 0 Å². The highest BCUT2D eigenvalue weighted by Gasteiger charge is 2.35. The molecule has 0 atom stereocenters. The maximum Gasteiger partial charge on any atom is 0.290 e. The monoisotopic (exact) mass is 334 g/mol. The normalized spacial score (nSPS) is 14.0. The molecule has 25 heavy (non-hydrogen) atoms. The molecule has 0 aliphatic heterocycles. The molecule has 0 radical (unpaired) electrons. The van der Waals surface area contributed by atoms with E-state index in [-0.39, 0.29) is 5.91 Å². The van der Waals surface area contributed by atoms with Crippen LogP contribution < -0.4 is 0 Å². The summed E-state index contributed by atoms with van der Waals surface area (Å²) in [6.45, 7) is 6.68. The van der Waals surface area contributed by atoms with Crippen molar-refractivity contribution < 1.29 is 9.21 Å². The highest BCUT2D eigenvalue weighted by molar-refractivity contribution is 6.00. The SMILES string of the molecule is Cc1ccc2c(C)c(C(=O)N(Cc3ccncc3)C3CC3)oc2c1C. The Morgan fingerprint density at radius 1 is 1.12 bits per heavy atom. The number of carbonyl (C=O) groups is 1. The van der Waals surface area contributed by atoms with Crippen LogP contribution in [0.1, 0.15) is 45.7 Å². The van der Waals surface area contributed by atoms with Crippen molar-refractivity contribution in [3.63, 3.8) is 0 Å². The van der Waals surface area contributed by atoms with Gasteiger partial charge in [0, 0.05) is 35.9 Å². The molecule has 0 unspecified atom stereocenters. The number of furan rings is 1. The molecule has 128 valence electrons. The van der Waals surface area contributed by atoms with Crippen molar-refractivity contribution in [3.05, 3.63) is 64.7 Å². The highest BCUT2D eigenvalue weighted by atomic mass is 16.3. The minimum Gasteiger partial charge on any atom is -0.450 e. The van der Waals surface area contributed by atoms with Crippen LogP contribution in [0.5, 0.6) is 0 Å². The van der Waals surface area contributed by atoms with Crippen LogP contribution in [-0.2, 0) is 6.54 Å². The standard InChI is InChI=1S/C21H22N2O2/c1-13-4-7-18-15(3)20(25-19(18)14(13)2)21(24)23(17-5-6-17)12-16-8-10-22-11-9-16/h4,7-11,17H,5-6,12H2,1-3H3. The summed E-state index contributed by atoms with van der Waals surface area (Å²) >= 11 is 0. The van der Waals surface area contributed by atoms with Crippen molar-refractivity contribution in [2.24, 2.45) is 0 Å². The van der Waals surface area contributed by atoms with Crippen LogP contribution >= 0.6 is 0 Å². The Labute approximate surface area is 147 Å². The van der Waals surface area contributed by atoms with E-state index in [1.807, 2.05) is 30.9 Å². The van der Waals surface area contributed by atoms with Crippen LogP contribution in [0, 0.1) is 20.8 Å². The quantitative estimate of drug-likeness (QED) is 0.703. The molecule has 1 aromatic carbocycles. The number of fused-ring (bicyclic) bond motifs is 1. The molecule has 1 aliphatic carbocycles. The van der Waals surface area contributed by atoms with Gasteiger partial charge in [-0.3, -0.25) is 9.78 Å². The van der Waals surface area contributed by atoms with E-state index in [4.69, 9.17) is 4.42 Å². The predicted octanol–water partition coefficient (Wildman–Crippen LogP) is 4.56. The lowest BCUT2D eigenvalue weighted by atomic mass is 10.0. The molecule has 1 fully saturated rings. The van der Waals surface area contributed by atoms with Crippen molar-refractivity contribution in [1.29, 1.82) is 0 Å². The summed E-state index contributed by atoms with van der Waals surface area (Å²) in [6.07, 6.45) is 5.66. The third-order valence-corrected chi connectivity index (χ3v) is 5.17. The van der Waals surface area contributed by atoms with E-state index in [0.29, 0.717) is 18.3 Å². The average molecular weight is 334 g/mol. The summed E-state index contributed by atoms with van der Waals surface area (Å²) in [5, 5.41) is 1.03. The van der Waals surface area contributed by atoms with Crippen molar-refractivity contribution >= 4 is 16.9 Å². The summed E-state index contributed by atoms with van der Waals surface area (Å²) in [7, 11) is 0. The minimum absolute atomic E-state index is 0.00920. The Bertz CT molecular complexity index is 939. The number of hydrogen-bond donors (Lipinski definition) is 0. The third-order valence-electron chi connectivity index (χ3n) is 5.17. The molecule has 4 rings (SSSR count). The van der Waals surface area contributed by atoms with Gasteiger partial charge in [0.1, 0.15) is 5.58 Å². The first-order valence-electron chi connectivity index (χ1n) is 8.75. The maximum absolute atomic E-state index is 13.2. The number of carbonyl (C=O) groups excluding carboxylic acids is 1. The minimum atomic E-state index is -0.00920. The third kappa shape index (κ3) is 2.82. The van der Waals surface area contributed by atoms with E-state index in [1.54, 1.807) is 12.4 Å². The number of amides is 1. The largest absolute Gasteiger partial charge is 0.450 e. The van der Waals surface area contributed by atoms with Crippen LogP contribution in [0.4, 0.5) is 0 Å². The molecule has 3 aromatic rings. The van der Waals surface area contributed by atoms with Crippen molar-refractivity contribution in [3.8, 4) is 0 Å².